The molecule has 5 nitrogen and oxygen atoms in total. The fourth-order valence-electron chi connectivity index (χ4n) is 5.69. The lowest BCUT2D eigenvalue weighted by Crippen LogP contribution is -2.40. The molecule has 0 unspecified atom stereocenters. The molecule has 0 aromatic heterocycles. The molecule has 2 bridgehead atoms. The van der Waals surface area contributed by atoms with Gasteiger partial charge in [-0.3, -0.25) is 9.59 Å². The first-order valence-corrected chi connectivity index (χ1v) is 10.2. The molecule has 0 spiro atoms. The third kappa shape index (κ3) is 2.36. The van der Waals surface area contributed by atoms with Crippen molar-refractivity contribution in [2.75, 3.05) is 4.90 Å². The third-order valence-electron chi connectivity index (χ3n) is 7.04. The summed E-state index contributed by atoms with van der Waals surface area (Å²) in [7, 11) is 0. The van der Waals surface area contributed by atoms with Gasteiger partial charge in [0.1, 0.15) is 11.6 Å². The summed E-state index contributed by atoms with van der Waals surface area (Å²) in [5.74, 6) is -0.921. The molecule has 30 heavy (non-hydrogen) atoms. The Hall–Kier alpha value is -3.28. The number of ether oxygens (including phenoxy) is 1. The highest BCUT2D eigenvalue weighted by molar-refractivity contribution is 6.22. The first kappa shape index (κ1) is 17.6. The third-order valence-corrected chi connectivity index (χ3v) is 7.04. The van der Waals surface area contributed by atoms with Crippen LogP contribution >= 0.6 is 0 Å². The van der Waals surface area contributed by atoms with E-state index in [-0.39, 0.29) is 46.8 Å². The number of carbonyl (C=O) groups excluding carboxylic acids is 3. The number of carbonyl (C=O) groups is 3. The van der Waals surface area contributed by atoms with Crippen LogP contribution in [-0.4, -0.2) is 17.8 Å². The van der Waals surface area contributed by atoms with Gasteiger partial charge in [0.25, 0.3) is 0 Å². The lowest BCUT2D eigenvalue weighted by Gasteiger charge is -2.37. The maximum Gasteiger partial charge on any atom is 0.346 e. The Kier molecular flexibility index (Phi) is 3.58. The standard InChI is InChI=1S/C24H18FNO4/c25-19-7-2-1-6-16(19)24(29)30-13-5-3-4-12(10-13)26-22(27)20-14-8-9-15(18-11-17(14)18)21(20)23(26)28/h1-10,14-15,17-18,20-21H,11H2/t14-,15-,17-,18-,20+,21+/m0/s1. The zero-order valence-corrected chi connectivity index (χ0v) is 15.9. The van der Waals surface area contributed by atoms with Gasteiger partial charge in [-0.05, 0) is 54.4 Å². The highest BCUT2D eigenvalue weighted by atomic mass is 19.1. The molecule has 4 aliphatic carbocycles. The Morgan fingerprint density at radius 2 is 1.60 bits per heavy atom. The van der Waals surface area contributed by atoms with E-state index in [1.807, 2.05) is 0 Å². The molecule has 0 N–H and O–H groups in total. The van der Waals surface area contributed by atoms with Crippen molar-refractivity contribution in [1.29, 1.82) is 0 Å². The van der Waals surface area contributed by atoms with Crippen LogP contribution in [-0.2, 0) is 9.59 Å². The second kappa shape index (κ2) is 6.11. The van der Waals surface area contributed by atoms with E-state index in [2.05, 4.69) is 12.2 Å². The Bertz CT molecular complexity index is 1110. The minimum atomic E-state index is -0.833. The largest absolute Gasteiger partial charge is 0.423 e. The van der Waals surface area contributed by atoms with Gasteiger partial charge in [-0.2, -0.15) is 0 Å². The SMILES string of the molecule is O=C(Oc1cccc(N2C(=O)[C@@H]3[C@H]4C=C[C@@H]([C@@H]5C[C@@H]45)[C@H]3C2=O)c1)c1ccccc1F. The van der Waals surface area contributed by atoms with E-state index in [4.69, 9.17) is 4.74 Å². The molecule has 0 radical (unpaired) electrons. The molecule has 2 aromatic rings. The summed E-state index contributed by atoms with van der Waals surface area (Å²) in [6.45, 7) is 0. The van der Waals surface area contributed by atoms with Crippen molar-refractivity contribution < 1.29 is 23.5 Å². The van der Waals surface area contributed by atoms with E-state index in [9.17, 15) is 18.8 Å². The van der Waals surface area contributed by atoms with E-state index < -0.39 is 11.8 Å². The topological polar surface area (TPSA) is 63.7 Å². The molecule has 7 rings (SSSR count). The quantitative estimate of drug-likeness (QED) is 0.340. The van der Waals surface area contributed by atoms with Crippen LogP contribution in [0.25, 0.3) is 0 Å². The summed E-state index contributed by atoms with van der Waals surface area (Å²) in [6, 6.07) is 11.9. The van der Waals surface area contributed by atoms with Gasteiger partial charge in [0.05, 0.1) is 23.1 Å². The summed E-state index contributed by atoms with van der Waals surface area (Å²) >= 11 is 0. The molecule has 1 aliphatic heterocycles. The lowest BCUT2D eigenvalue weighted by molar-refractivity contribution is -0.124. The van der Waals surface area contributed by atoms with Crippen LogP contribution in [0.15, 0.2) is 60.7 Å². The van der Waals surface area contributed by atoms with Crippen molar-refractivity contribution in [3.8, 4) is 5.75 Å². The summed E-state index contributed by atoms with van der Waals surface area (Å²) in [5, 5.41) is 0. The van der Waals surface area contributed by atoms with Crippen molar-refractivity contribution >= 4 is 23.5 Å². The van der Waals surface area contributed by atoms with E-state index >= 15 is 0 Å². The second-order valence-electron chi connectivity index (χ2n) is 8.53. The van der Waals surface area contributed by atoms with Gasteiger partial charge in [0.2, 0.25) is 11.8 Å². The number of amides is 2. The molecule has 150 valence electrons. The van der Waals surface area contributed by atoms with Crippen LogP contribution in [0.2, 0.25) is 0 Å². The number of hydrogen-bond acceptors (Lipinski definition) is 4. The molecule has 5 aliphatic rings. The Labute approximate surface area is 172 Å². The summed E-state index contributed by atoms with van der Waals surface area (Å²) in [5.41, 5.74) is 0.204. The molecular formula is C24H18FNO4. The van der Waals surface area contributed by atoms with E-state index in [0.29, 0.717) is 17.5 Å². The average molecular weight is 403 g/mol. The maximum atomic E-state index is 13.9. The van der Waals surface area contributed by atoms with Crippen LogP contribution in [0.1, 0.15) is 16.8 Å². The Morgan fingerprint density at radius 3 is 2.27 bits per heavy atom. The second-order valence-corrected chi connectivity index (χ2v) is 8.53. The predicted molar refractivity (Wildman–Crippen MR) is 105 cm³/mol. The van der Waals surface area contributed by atoms with Gasteiger partial charge in [-0.1, -0.05) is 30.4 Å². The van der Waals surface area contributed by atoms with Crippen molar-refractivity contribution in [2.45, 2.75) is 6.42 Å². The van der Waals surface area contributed by atoms with Gasteiger partial charge in [0, 0.05) is 6.07 Å². The zero-order valence-electron chi connectivity index (χ0n) is 15.9. The normalized spacial score (nSPS) is 32.8. The van der Waals surface area contributed by atoms with E-state index in [0.717, 1.165) is 6.42 Å². The highest BCUT2D eigenvalue weighted by Crippen LogP contribution is 2.65. The number of esters is 1. The molecule has 3 fully saturated rings. The molecule has 1 heterocycles. The number of rotatable bonds is 3. The smallest absolute Gasteiger partial charge is 0.346 e. The van der Waals surface area contributed by atoms with E-state index in [1.54, 1.807) is 24.3 Å². The fourth-order valence-corrected chi connectivity index (χ4v) is 5.69. The number of imide groups is 1. The lowest BCUT2D eigenvalue weighted by atomic mass is 9.63. The van der Waals surface area contributed by atoms with Crippen molar-refractivity contribution in [1.82, 2.24) is 0 Å². The number of nitrogens with zero attached hydrogens (tertiary/aromatic N) is 1. The van der Waals surface area contributed by atoms with Gasteiger partial charge >= 0.3 is 5.97 Å². The number of anilines is 1. The highest BCUT2D eigenvalue weighted by Gasteiger charge is 2.67. The Balaban J connectivity index is 1.29. The monoisotopic (exact) mass is 403 g/mol. The molecule has 2 amide bonds. The molecular weight excluding hydrogens is 385 g/mol. The van der Waals surface area contributed by atoms with Gasteiger partial charge in [-0.25, -0.2) is 14.1 Å². The molecule has 6 heteroatoms. The number of benzene rings is 2. The Morgan fingerprint density at radius 1 is 0.933 bits per heavy atom. The molecule has 1 saturated heterocycles. The first-order valence-electron chi connectivity index (χ1n) is 10.2. The van der Waals surface area contributed by atoms with Crippen LogP contribution in [0.3, 0.4) is 0 Å². The summed E-state index contributed by atoms with van der Waals surface area (Å²) < 4.78 is 19.2. The summed E-state index contributed by atoms with van der Waals surface area (Å²) in [6.07, 6.45) is 5.36. The van der Waals surface area contributed by atoms with E-state index in [1.165, 1.54) is 29.2 Å². The molecule has 2 saturated carbocycles. The fraction of sp³-hybridized carbons (Fsp3) is 0.292. The minimum Gasteiger partial charge on any atom is -0.423 e. The van der Waals surface area contributed by atoms with Crippen LogP contribution in [0.4, 0.5) is 10.1 Å². The van der Waals surface area contributed by atoms with Crippen molar-refractivity contribution in [3.63, 3.8) is 0 Å². The van der Waals surface area contributed by atoms with Crippen molar-refractivity contribution in [3.05, 3.63) is 72.1 Å². The number of hydrogen-bond donors (Lipinski definition) is 0. The van der Waals surface area contributed by atoms with Gasteiger partial charge < -0.3 is 4.74 Å². The van der Waals surface area contributed by atoms with Gasteiger partial charge in [0.15, 0.2) is 0 Å². The predicted octanol–water partition coefficient (Wildman–Crippen LogP) is 3.60. The first-order chi connectivity index (χ1) is 14.5. The number of halogens is 1. The average Bonchev–Trinajstić information content (AvgIpc) is 3.52. The summed E-state index contributed by atoms with van der Waals surface area (Å²) in [4.78, 5) is 40.0. The minimum absolute atomic E-state index is 0.147. The number of allylic oxidation sites excluding steroid dienone is 2. The van der Waals surface area contributed by atoms with Gasteiger partial charge in [-0.15, -0.1) is 0 Å². The van der Waals surface area contributed by atoms with Crippen LogP contribution in [0.5, 0.6) is 5.75 Å². The maximum absolute atomic E-state index is 13.9. The zero-order chi connectivity index (χ0) is 20.6. The molecule has 6 atom stereocenters. The van der Waals surface area contributed by atoms with Crippen molar-refractivity contribution in [2.24, 2.45) is 35.5 Å². The molecule has 2 aromatic carbocycles. The van der Waals surface area contributed by atoms with Crippen LogP contribution in [0, 0.1) is 41.3 Å². The van der Waals surface area contributed by atoms with Crippen LogP contribution < -0.4 is 9.64 Å².